The van der Waals surface area contributed by atoms with Gasteiger partial charge >= 0.3 is 0 Å². The molecule has 5 nitrogen and oxygen atoms in total. The molecular weight excluding hydrogens is 362 g/mol. The van der Waals surface area contributed by atoms with Crippen LogP contribution in [0.25, 0.3) is 10.9 Å². The molecule has 0 bridgehead atoms. The fourth-order valence-electron chi connectivity index (χ4n) is 4.70. The van der Waals surface area contributed by atoms with Crippen molar-refractivity contribution in [3.63, 3.8) is 0 Å². The number of nitrogens with one attached hydrogen (secondary N) is 1. The number of ether oxygens (including phenoxy) is 1. The molecule has 2 aromatic carbocycles. The molecule has 2 aliphatic rings. The van der Waals surface area contributed by atoms with E-state index in [9.17, 15) is 4.79 Å². The molecular formula is C24H27N3O2. The summed E-state index contributed by atoms with van der Waals surface area (Å²) < 4.78 is 5.34. The van der Waals surface area contributed by atoms with Gasteiger partial charge in [0.2, 0.25) is 0 Å². The lowest BCUT2D eigenvalue weighted by atomic mass is 9.95. The Labute approximate surface area is 171 Å². The highest BCUT2D eigenvalue weighted by Crippen LogP contribution is 2.30. The lowest BCUT2D eigenvalue weighted by Crippen LogP contribution is -2.48. The van der Waals surface area contributed by atoms with Gasteiger partial charge in [-0.1, -0.05) is 6.07 Å². The largest absolute Gasteiger partial charge is 0.497 e. The maximum atomic E-state index is 13.2. The number of aromatic amines is 1. The van der Waals surface area contributed by atoms with Crippen LogP contribution in [0, 0.1) is 0 Å². The first-order valence-electron chi connectivity index (χ1n) is 10.5. The van der Waals surface area contributed by atoms with E-state index in [1.807, 2.05) is 23.1 Å². The normalized spacial score (nSPS) is 16.7. The Morgan fingerprint density at radius 1 is 1.00 bits per heavy atom. The summed E-state index contributed by atoms with van der Waals surface area (Å²) in [6.07, 6.45) is 4.74. The smallest absolute Gasteiger partial charge is 0.253 e. The van der Waals surface area contributed by atoms with Crippen LogP contribution < -0.4 is 9.64 Å². The highest BCUT2D eigenvalue weighted by atomic mass is 16.5. The van der Waals surface area contributed by atoms with E-state index in [0.29, 0.717) is 0 Å². The van der Waals surface area contributed by atoms with Gasteiger partial charge in [-0.15, -0.1) is 0 Å². The number of piperazine rings is 1. The van der Waals surface area contributed by atoms with Gasteiger partial charge in [0.15, 0.2) is 0 Å². The van der Waals surface area contributed by atoms with E-state index in [2.05, 4.69) is 34.1 Å². The summed E-state index contributed by atoms with van der Waals surface area (Å²) >= 11 is 0. The van der Waals surface area contributed by atoms with Crippen LogP contribution in [-0.4, -0.2) is 49.1 Å². The van der Waals surface area contributed by atoms with Gasteiger partial charge in [-0.25, -0.2) is 0 Å². The van der Waals surface area contributed by atoms with Crippen molar-refractivity contribution >= 4 is 22.5 Å². The topological polar surface area (TPSA) is 48.6 Å². The van der Waals surface area contributed by atoms with Crippen molar-refractivity contribution in [1.82, 2.24) is 9.88 Å². The van der Waals surface area contributed by atoms with Crippen LogP contribution >= 0.6 is 0 Å². The number of aromatic nitrogens is 1. The highest BCUT2D eigenvalue weighted by molar-refractivity contribution is 5.99. The van der Waals surface area contributed by atoms with Gasteiger partial charge in [0.25, 0.3) is 5.91 Å². The number of amides is 1. The molecule has 1 aliphatic heterocycles. The molecule has 5 heteroatoms. The summed E-state index contributed by atoms with van der Waals surface area (Å²) in [7, 11) is 1.69. The predicted molar refractivity (Wildman–Crippen MR) is 116 cm³/mol. The Balaban J connectivity index is 1.31. The number of hydrogen-bond acceptors (Lipinski definition) is 3. The summed E-state index contributed by atoms with van der Waals surface area (Å²) in [6, 6.07) is 14.3. The minimum Gasteiger partial charge on any atom is -0.497 e. The number of anilines is 1. The third-order valence-electron chi connectivity index (χ3n) is 6.33. The van der Waals surface area contributed by atoms with Crippen molar-refractivity contribution in [1.29, 1.82) is 0 Å². The summed E-state index contributed by atoms with van der Waals surface area (Å²) in [6.45, 7) is 3.14. The van der Waals surface area contributed by atoms with Crippen LogP contribution in [0.4, 0.5) is 5.69 Å². The zero-order valence-electron chi connectivity index (χ0n) is 16.9. The number of carbonyl (C=O) groups is 1. The van der Waals surface area contributed by atoms with Crippen molar-refractivity contribution in [3.05, 3.63) is 59.3 Å². The first kappa shape index (κ1) is 18.1. The first-order chi connectivity index (χ1) is 14.2. The number of methoxy groups -OCH3 is 1. The summed E-state index contributed by atoms with van der Waals surface area (Å²) in [4.78, 5) is 21.0. The van der Waals surface area contributed by atoms with Gasteiger partial charge in [-0.2, -0.15) is 0 Å². The Hall–Kier alpha value is -2.95. The number of nitrogens with zero attached hydrogens (tertiary/aromatic N) is 2. The zero-order valence-corrected chi connectivity index (χ0v) is 16.9. The predicted octanol–water partition coefficient (Wildman–Crippen LogP) is 4.02. The van der Waals surface area contributed by atoms with E-state index in [-0.39, 0.29) is 5.91 Å². The van der Waals surface area contributed by atoms with Gasteiger partial charge in [0.05, 0.1) is 7.11 Å². The second-order valence-corrected chi connectivity index (χ2v) is 8.03. The van der Waals surface area contributed by atoms with Crippen molar-refractivity contribution < 1.29 is 9.53 Å². The Bertz CT molecular complexity index is 1050. The lowest BCUT2D eigenvalue weighted by molar-refractivity contribution is 0.0747. The number of carbonyl (C=O) groups excluding carboxylic acids is 1. The molecule has 1 amide bonds. The zero-order chi connectivity index (χ0) is 19.8. The van der Waals surface area contributed by atoms with Gasteiger partial charge in [-0.05, 0) is 61.6 Å². The Kier molecular flexibility index (Phi) is 4.66. The quantitative estimate of drug-likeness (QED) is 0.736. The van der Waals surface area contributed by atoms with Crippen LogP contribution in [-0.2, 0) is 12.8 Å². The van der Waals surface area contributed by atoms with Gasteiger partial charge < -0.3 is 19.5 Å². The maximum Gasteiger partial charge on any atom is 0.253 e. The fourth-order valence-corrected chi connectivity index (χ4v) is 4.70. The third kappa shape index (κ3) is 3.35. The number of benzene rings is 2. The van der Waals surface area contributed by atoms with Crippen LogP contribution in [0.3, 0.4) is 0 Å². The summed E-state index contributed by atoms with van der Waals surface area (Å²) in [5.41, 5.74) is 5.90. The van der Waals surface area contributed by atoms with Gasteiger partial charge in [-0.3, -0.25) is 4.79 Å². The van der Waals surface area contributed by atoms with Gasteiger partial charge in [0.1, 0.15) is 5.75 Å². The van der Waals surface area contributed by atoms with Crippen molar-refractivity contribution in [3.8, 4) is 5.75 Å². The first-order valence-corrected chi connectivity index (χ1v) is 10.5. The molecule has 0 unspecified atom stereocenters. The number of rotatable bonds is 3. The number of H-pyrrole nitrogens is 1. The van der Waals surface area contributed by atoms with Gasteiger partial charge in [0, 0.05) is 60.1 Å². The number of fused-ring (bicyclic) bond motifs is 3. The Morgan fingerprint density at radius 2 is 1.83 bits per heavy atom. The average Bonchev–Trinajstić information content (AvgIpc) is 3.16. The maximum absolute atomic E-state index is 13.2. The molecule has 5 rings (SSSR count). The van der Waals surface area contributed by atoms with Crippen molar-refractivity contribution in [2.24, 2.45) is 0 Å². The van der Waals surface area contributed by atoms with Crippen molar-refractivity contribution in [2.45, 2.75) is 25.7 Å². The Morgan fingerprint density at radius 3 is 2.66 bits per heavy atom. The molecule has 150 valence electrons. The molecule has 1 N–H and O–H groups in total. The van der Waals surface area contributed by atoms with E-state index in [0.717, 1.165) is 61.5 Å². The third-order valence-corrected chi connectivity index (χ3v) is 6.33. The summed E-state index contributed by atoms with van der Waals surface area (Å²) in [5.74, 6) is 1.01. The molecule has 1 saturated heterocycles. The standard InChI is InChI=1S/C24H27N3O2/c1-29-19-6-4-5-18(16-19)26-11-13-27(14-12-26)24(28)17-9-10-23-21(15-17)20-7-2-3-8-22(20)25-23/h4-6,9-10,15-16,25H,2-3,7-8,11-14H2,1H3. The monoisotopic (exact) mass is 389 g/mol. The van der Waals surface area contributed by atoms with Crippen LogP contribution in [0.2, 0.25) is 0 Å². The SMILES string of the molecule is COc1cccc(N2CCN(C(=O)c3ccc4[nH]c5c(c4c3)CCCC5)CC2)c1. The molecule has 0 radical (unpaired) electrons. The molecule has 0 atom stereocenters. The summed E-state index contributed by atoms with van der Waals surface area (Å²) in [5, 5.41) is 1.24. The van der Waals surface area contributed by atoms with E-state index >= 15 is 0 Å². The highest BCUT2D eigenvalue weighted by Gasteiger charge is 2.24. The van der Waals surface area contributed by atoms with E-state index in [4.69, 9.17) is 4.74 Å². The molecule has 29 heavy (non-hydrogen) atoms. The lowest BCUT2D eigenvalue weighted by Gasteiger charge is -2.36. The minimum absolute atomic E-state index is 0.142. The second-order valence-electron chi connectivity index (χ2n) is 8.03. The molecule has 3 aromatic rings. The number of aryl methyl sites for hydroxylation is 2. The van der Waals surface area contributed by atoms with Crippen LogP contribution in [0.1, 0.15) is 34.5 Å². The molecule has 0 spiro atoms. The minimum atomic E-state index is 0.142. The van der Waals surface area contributed by atoms with Crippen molar-refractivity contribution in [2.75, 3.05) is 38.2 Å². The molecule has 1 aliphatic carbocycles. The number of hydrogen-bond donors (Lipinski definition) is 1. The molecule has 1 fully saturated rings. The van der Waals surface area contributed by atoms with E-state index in [1.165, 1.54) is 29.5 Å². The van der Waals surface area contributed by atoms with Crippen LogP contribution in [0.15, 0.2) is 42.5 Å². The molecule has 1 aromatic heterocycles. The molecule has 2 heterocycles. The molecule has 0 saturated carbocycles. The average molecular weight is 389 g/mol. The fraction of sp³-hybridized carbons (Fsp3) is 0.375. The van der Waals surface area contributed by atoms with E-state index in [1.54, 1.807) is 7.11 Å². The van der Waals surface area contributed by atoms with Crippen LogP contribution in [0.5, 0.6) is 5.75 Å². The second kappa shape index (κ2) is 7.47. The van der Waals surface area contributed by atoms with E-state index < -0.39 is 0 Å².